The van der Waals surface area contributed by atoms with Crippen molar-refractivity contribution in [2.45, 2.75) is 0 Å². The first-order chi connectivity index (χ1) is 0. The molecule has 1 unspecified atom stereocenters. The van der Waals surface area contributed by atoms with Gasteiger partial charge in [-0.3, -0.25) is 0 Å². The van der Waals surface area contributed by atoms with Crippen molar-refractivity contribution in [1.29, 1.82) is 0 Å². The predicted octanol–water partition coefficient (Wildman–Crippen LogP) is -3.23. The van der Waals surface area contributed by atoms with Crippen molar-refractivity contribution in [3.05, 3.63) is 0 Å². The van der Waals surface area contributed by atoms with Gasteiger partial charge in [-0.25, -0.2) is 0 Å². The Kier molecular flexibility index (Phi) is 136. The molecule has 0 nitrogen and oxygen atoms in total. The van der Waals surface area contributed by atoms with E-state index in [1.54, 1.807) is 0 Å². The zero-order chi connectivity index (χ0) is 0. The SMILES string of the molecule is P.[GaH2].[GaH3].[InH3]. The van der Waals surface area contributed by atoms with Crippen molar-refractivity contribution >= 4 is 75.3 Å². The fourth-order valence-corrected chi connectivity index (χ4v) is 0. The third-order valence-electron chi connectivity index (χ3n) is 0. The van der Waals surface area contributed by atoms with Crippen LogP contribution in [0.2, 0.25) is 0 Å². The van der Waals surface area contributed by atoms with Crippen molar-refractivity contribution in [3.8, 4) is 0 Å². The van der Waals surface area contributed by atoms with Crippen LogP contribution in [0.5, 0.6) is 0 Å². The van der Waals surface area contributed by atoms with Crippen LogP contribution < -0.4 is 0 Å². The molecule has 0 spiro atoms. The zero-order valence-corrected chi connectivity index (χ0v) is 7.32. The van der Waals surface area contributed by atoms with Gasteiger partial charge in [-0.1, -0.05) is 0 Å². The molecule has 0 aromatic carbocycles. The second-order valence-corrected chi connectivity index (χ2v) is 0. The Labute approximate surface area is 74.4 Å². The summed E-state index contributed by atoms with van der Waals surface area (Å²) in [4.78, 5) is 0. The zero-order valence-electron chi connectivity index (χ0n) is 1.71. The Morgan fingerprint density at radius 2 is 1.00 bits per heavy atom. The minimum atomic E-state index is 0. The molecule has 0 bridgehead atoms. The van der Waals surface area contributed by atoms with E-state index in [0.717, 1.165) is 0 Å². The van der Waals surface area contributed by atoms with E-state index in [4.69, 9.17) is 0 Å². The number of hydrogen-bond acceptors (Lipinski definition) is 0. The molecule has 25 valence electrons. The standard InChI is InChI=1S/2Ga.In.H3P.8H/h;;;1H3;;;;;;;;. The van der Waals surface area contributed by atoms with E-state index < -0.39 is 0 Å². The Morgan fingerprint density at radius 3 is 1.00 bits per heavy atom. The normalized spacial score (nSPS) is 0. The molecule has 0 aromatic heterocycles. The molecule has 4 heavy (non-hydrogen) atoms. The van der Waals surface area contributed by atoms with Crippen molar-refractivity contribution in [2.75, 3.05) is 0 Å². The van der Waals surface area contributed by atoms with E-state index in [1.165, 1.54) is 0 Å². The van der Waals surface area contributed by atoms with E-state index in [2.05, 4.69) is 0 Å². The van der Waals surface area contributed by atoms with E-state index in [-0.39, 0.29) is 75.3 Å². The van der Waals surface area contributed by atoms with Crippen LogP contribution in [0.25, 0.3) is 0 Å². The Balaban J connectivity index is 0. The minimum absolute atomic E-state index is 0. The summed E-state index contributed by atoms with van der Waals surface area (Å²) in [6, 6.07) is 0. The van der Waals surface area contributed by atoms with Crippen molar-refractivity contribution in [1.82, 2.24) is 0 Å². The molecule has 0 aromatic rings. The molecule has 0 fully saturated rings. The molecule has 0 heterocycles. The molecule has 0 saturated heterocycles. The average Bonchev–Trinajstić information content (AvgIpc) is 0. The summed E-state index contributed by atoms with van der Waals surface area (Å²) in [5, 5.41) is 0. The second kappa shape index (κ2) is 17.6. The molecule has 0 aliphatic rings. The van der Waals surface area contributed by atoms with Crippen LogP contribution in [0, 0.1) is 0 Å². The van der Waals surface area contributed by atoms with E-state index in [0.29, 0.717) is 0 Å². The molecule has 0 amide bonds. The monoisotopic (exact) mass is 295 g/mol. The van der Waals surface area contributed by atoms with Gasteiger partial charge in [-0.15, -0.1) is 0 Å². The molecule has 0 rings (SSSR count). The van der Waals surface area contributed by atoms with Gasteiger partial charge in [0.1, 0.15) is 0 Å². The van der Waals surface area contributed by atoms with Gasteiger partial charge in [-0.2, -0.15) is 9.90 Å². The summed E-state index contributed by atoms with van der Waals surface area (Å²) in [7, 11) is 0. The van der Waals surface area contributed by atoms with Gasteiger partial charge in [0.2, 0.25) is 0 Å². The molecule has 0 N–H and O–H groups in total. The Bertz CT molecular complexity index is 6.00. The first-order valence-corrected chi connectivity index (χ1v) is 0. The quantitative estimate of drug-likeness (QED) is 0.326. The molecular formula is H11Ga2InP. The van der Waals surface area contributed by atoms with Gasteiger partial charge in [-0.05, 0) is 0 Å². The maximum absolute atomic E-state index is 0. The van der Waals surface area contributed by atoms with Gasteiger partial charge in [0.05, 0.1) is 0 Å². The van der Waals surface area contributed by atoms with Crippen LogP contribution in [0.1, 0.15) is 0 Å². The molecule has 0 aliphatic carbocycles. The first kappa shape index (κ1) is 30.8. The van der Waals surface area contributed by atoms with E-state index in [9.17, 15) is 0 Å². The van der Waals surface area contributed by atoms with Crippen LogP contribution in [-0.2, 0) is 0 Å². The molecule has 1 radical (unpaired) electrons. The summed E-state index contributed by atoms with van der Waals surface area (Å²) in [6.45, 7) is 0. The van der Waals surface area contributed by atoms with Gasteiger partial charge < -0.3 is 0 Å². The number of rotatable bonds is 0. The second-order valence-electron chi connectivity index (χ2n) is 0. The van der Waals surface area contributed by atoms with Gasteiger partial charge in [0, 0.05) is 0 Å². The predicted molar refractivity (Wildman–Crippen MR) is 39.5 cm³/mol. The third kappa shape index (κ3) is 8.82. The van der Waals surface area contributed by atoms with Crippen LogP contribution >= 0.6 is 9.90 Å². The van der Waals surface area contributed by atoms with Crippen molar-refractivity contribution in [2.24, 2.45) is 0 Å². The summed E-state index contributed by atoms with van der Waals surface area (Å²) < 4.78 is 0. The van der Waals surface area contributed by atoms with E-state index in [1.807, 2.05) is 0 Å². The first-order valence-electron chi connectivity index (χ1n) is 0. The fourth-order valence-electron chi connectivity index (χ4n) is 0. The maximum atomic E-state index is 0. The molecule has 1 atom stereocenters. The topological polar surface area (TPSA) is 0 Å². The summed E-state index contributed by atoms with van der Waals surface area (Å²) in [5.74, 6) is 0. The van der Waals surface area contributed by atoms with Crippen LogP contribution in [-0.4, -0.2) is 65.4 Å². The number of hydrogen-bond donors (Lipinski definition) is 0. The Morgan fingerprint density at radius 1 is 1.00 bits per heavy atom. The third-order valence-corrected chi connectivity index (χ3v) is 0. The van der Waals surface area contributed by atoms with Crippen LogP contribution in [0.3, 0.4) is 0 Å². The molecule has 4 heteroatoms. The van der Waals surface area contributed by atoms with Crippen molar-refractivity contribution < 1.29 is 0 Å². The van der Waals surface area contributed by atoms with Crippen LogP contribution in [0.4, 0.5) is 0 Å². The molecule has 0 aliphatic heterocycles. The Hall–Kier alpha value is 2.57. The van der Waals surface area contributed by atoms with Gasteiger partial charge in [0.15, 0.2) is 0 Å². The fraction of sp³-hybridized carbons (Fsp3) is 0. The van der Waals surface area contributed by atoms with Crippen LogP contribution in [0.15, 0.2) is 0 Å². The van der Waals surface area contributed by atoms with Gasteiger partial charge in [0.25, 0.3) is 0 Å². The van der Waals surface area contributed by atoms with E-state index >= 15 is 0 Å². The average molecular weight is 296 g/mol. The molecule has 0 saturated carbocycles. The molecular weight excluding hydrogens is 285 g/mol. The summed E-state index contributed by atoms with van der Waals surface area (Å²) in [6.07, 6.45) is 0. The summed E-state index contributed by atoms with van der Waals surface area (Å²) >= 11 is 0. The van der Waals surface area contributed by atoms with Crippen molar-refractivity contribution in [3.63, 3.8) is 0 Å². The van der Waals surface area contributed by atoms with Gasteiger partial charge >= 0.3 is 65.4 Å². The summed E-state index contributed by atoms with van der Waals surface area (Å²) in [5.41, 5.74) is 0.